The van der Waals surface area contributed by atoms with Crippen LogP contribution in [0, 0.1) is 5.92 Å². The van der Waals surface area contributed by atoms with Crippen molar-refractivity contribution in [3.8, 4) is 0 Å². The average molecular weight is 294 g/mol. The fraction of sp³-hybridized carbons (Fsp3) is 0.750. The van der Waals surface area contributed by atoms with Crippen LogP contribution < -0.4 is 0 Å². The van der Waals surface area contributed by atoms with E-state index in [-0.39, 0.29) is 17.3 Å². The van der Waals surface area contributed by atoms with E-state index in [1.165, 1.54) is 0 Å². The van der Waals surface area contributed by atoms with Gasteiger partial charge in [0, 0.05) is 12.0 Å². The van der Waals surface area contributed by atoms with Crippen molar-refractivity contribution in [3.05, 3.63) is 17.8 Å². The minimum absolute atomic E-state index is 0.0178. The third-order valence-electron chi connectivity index (χ3n) is 3.78. The number of esters is 1. The molecule has 1 aliphatic heterocycles. The second kappa shape index (κ2) is 6.60. The molecule has 1 aliphatic rings. The highest BCUT2D eigenvalue weighted by Crippen LogP contribution is 2.24. The predicted octanol–water partition coefficient (Wildman–Crippen LogP) is 2.75. The number of piperidine rings is 1. The van der Waals surface area contributed by atoms with Gasteiger partial charge in [-0.3, -0.25) is 9.69 Å². The Morgan fingerprint density at radius 3 is 2.90 bits per heavy atom. The number of carbonyl (C=O) groups excluding carboxylic acids is 1. The van der Waals surface area contributed by atoms with Crippen molar-refractivity contribution in [1.82, 2.24) is 9.88 Å². The topological polar surface area (TPSA) is 55.6 Å². The van der Waals surface area contributed by atoms with Gasteiger partial charge in [-0.05, 0) is 26.3 Å². The Kier molecular flexibility index (Phi) is 5.04. The number of aromatic nitrogens is 1. The molecule has 5 nitrogen and oxygen atoms in total. The van der Waals surface area contributed by atoms with E-state index in [4.69, 9.17) is 9.15 Å². The molecule has 2 rings (SSSR count). The minimum atomic E-state index is -0.0787. The van der Waals surface area contributed by atoms with Crippen LogP contribution in [-0.2, 0) is 21.5 Å². The van der Waals surface area contributed by atoms with Crippen LogP contribution in [0.1, 0.15) is 52.2 Å². The molecule has 1 saturated heterocycles. The zero-order valence-corrected chi connectivity index (χ0v) is 13.5. The summed E-state index contributed by atoms with van der Waals surface area (Å²) in [7, 11) is 0. The highest BCUT2D eigenvalue weighted by Gasteiger charge is 2.28. The number of hydrogen-bond donors (Lipinski definition) is 0. The van der Waals surface area contributed by atoms with E-state index in [1.54, 1.807) is 0 Å². The quantitative estimate of drug-likeness (QED) is 0.799. The van der Waals surface area contributed by atoms with Crippen LogP contribution in [0.4, 0.5) is 0 Å². The average Bonchev–Trinajstić information content (AvgIpc) is 2.88. The molecule has 21 heavy (non-hydrogen) atoms. The molecule has 0 radical (unpaired) electrons. The lowest BCUT2D eigenvalue weighted by atomic mass is 9.94. The molecular formula is C16H26N2O3. The van der Waals surface area contributed by atoms with Crippen LogP contribution in [-0.4, -0.2) is 35.5 Å². The number of hydrogen-bond acceptors (Lipinski definition) is 5. The van der Waals surface area contributed by atoms with Gasteiger partial charge in [-0.25, -0.2) is 4.98 Å². The molecule has 1 aromatic rings. The van der Waals surface area contributed by atoms with E-state index in [9.17, 15) is 4.79 Å². The Balaban J connectivity index is 1.93. The van der Waals surface area contributed by atoms with Crippen LogP contribution in [0.25, 0.3) is 0 Å². The maximum atomic E-state index is 11.8. The molecule has 2 heterocycles. The molecule has 118 valence electrons. The molecule has 0 spiro atoms. The number of nitrogens with zero attached hydrogens (tertiary/aromatic N) is 2. The Morgan fingerprint density at radius 1 is 1.52 bits per heavy atom. The van der Waals surface area contributed by atoms with Gasteiger partial charge in [-0.1, -0.05) is 20.8 Å². The summed E-state index contributed by atoms with van der Waals surface area (Å²) in [6.07, 6.45) is 3.73. The third-order valence-corrected chi connectivity index (χ3v) is 3.78. The lowest BCUT2D eigenvalue weighted by molar-refractivity contribution is -0.150. The van der Waals surface area contributed by atoms with Crippen molar-refractivity contribution in [1.29, 1.82) is 0 Å². The number of likely N-dealkylation sites (tertiary alicyclic amines) is 1. The minimum Gasteiger partial charge on any atom is -0.466 e. The summed E-state index contributed by atoms with van der Waals surface area (Å²) >= 11 is 0. The molecule has 0 aromatic carbocycles. The Morgan fingerprint density at radius 2 is 2.29 bits per heavy atom. The van der Waals surface area contributed by atoms with E-state index in [0.717, 1.165) is 37.6 Å². The Hall–Kier alpha value is -1.36. The van der Waals surface area contributed by atoms with Crippen molar-refractivity contribution < 1.29 is 13.9 Å². The predicted molar refractivity (Wildman–Crippen MR) is 79.8 cm³/mol. The number of ether oxygens (including phenoxy) is 1. The lowest BCUT2D eigenvalue weighted by Crippen LogP contribution is -2.39. The maximum Gasteiger partial charge on any atom is 0.310 e. The summed E-state index contributed by atoms with van der Waals surface area (Å²) in [4.78, 5) is 18.4. The van der Waals surface area contributed by atoms with Gasteiger partial charge in [0.25, 0.3) is 0 Å². The van der Waals surface area contributed by atoms with Crippen LogP contribution in [0.2, 0.25) is 0 Å². The van der Waals surface area contributed by atoms with Gasteiger partial charge in [0.05, 0.1) is 25.3 Å². The molecule has 0 saturated carbocycles. The molecule has 1 fully saturated rings. The van der Waals surface area contributed by atoms with Crippen molar-refractivity contribution in [2.45, 2.75) is 52.5 Å². The van der Waals surface area contributed by atoms with Gasteiger partial charge >= 0.3 is 5.97 Å². The molecule has 1 unspecified atom stereocenters. The zero-order chi connectivity index (χ0) is 15.5. The lowest BCUT2D eigenvalue weighted by Gasteiger charge is -2.30. The van der Waals surface area contributed by atoms with Gasteiger partial charge in [-0.15, -0.1) is 0 Å². The zero-order valence-electron chi connectivity index (χ0n) is 13.5. The highest BCUT2D eigenvalue weighted by molar-refractivity contribution is 5.72. The largest absolute Gasteiger partial charge is 0.466 e. The van der Waals surface area contributed by atoms with Crippen LogP contribution >= 0.6 is 0 Å². The van der Waals surface area contributed by atoms with E-state index in [0.29, 0.717) is 13.2 Å². The summed E-state index contributed by atoms with van der Waals surface area (Å²) in [6.45, 7) is 11.0. The summed E-state index contributed by atoms with van der Waals surface area (Å²) in [6, 6.07) is 0. The second-order valence-corrected chi connectivity index (χ2v) is 6.69. The first-order valence-corrected chi connectivity index (χ1v) is 7.74. The first-order valence-electron chi connectivity index (χ1n) is 7.74. The van der Waals surface area contributed by atoms with Gasteiger partial charge in [0.15, 0.2) is 0 Å². The normalized spacial score (nSPS) is 20.5. The smallest absolute Gasteiger partial charge is 0.310 e. The van der Waals surface area contributed by atoms with Gasteiger partial charge in [0.2, 0.25) is 5.89 Å². The van der Waals surface area contributed by atoms with E-state index in [2.05, 4.69) is 30.7 Å². The fourth-order valence-electron chi connectivity index (χ4n) is 2.57. The Bertz CT molecular complexity index is 476. The SMILES string of the molecule is CCOC(=O)C1CCCN(Cc2ncc(C(C)(C)C)o2)C1. The summed E-state index contributed by atoms with van der Waals surface area (Å²) in [5, 5.41) is 0. The molecule has 5 heteroatoms. The molecule has 0 N–H and O–H groups in total. The van der Waals surface area contributed by atoms with Crippen LogP contribution in [0.15, 0.2) is 10.6 Å². The molecule has 0 bridgehead atoms. The van der Waals surface area contributed by atoms with Crippen molar-refractivity contribution in [2.75, 3.05) is 19.7 Å². The van der Waals surface area contributed by atoms with Gasteiger partial charge in [0.1, 0.15) is 5.76 Å². The highest BCUT2D eigenvalue weighted by atomic mass is 16.5. The van der Waals surface area contributed by atoms with E-state index < -0.39 is 0 Å². The maximum absolute atomic E-state index is 11.8. The summed E-state index contributed by atoms with van der Waals surface area (Å²) in [5.74, 6) is 1.53. The number of oxazole rings is 1. The third kappa shape index (κ3) is 4.30. The molecule has 0 amide bonds. The Labute approximate surface area is 126 Å². The standard InChI is InChI=1S/C16H26N2O3/c1-5-20-15(19)12-7-6-8-18(10-12)11-14-17-9-13(21-14)16(2,3)4/h9,12H,5-8,10-11H2,1-4H3. The fourth-order valence-corrected chi connectivity index (χ4v) is 2.57. The first kappa shape index (κ1) is 16.0. The van der Waals surface area contributed by atoms with Crippen molar-refractivity contribution >= 4 is 5.97 Å². The van der Waals surface area contributed by atoms with E-state index >= 15 is 0 Å². The number of rotatable bonds is 4. The van der Waals surface area contributed by atoms with Gasteiger partial charge < -0.3 is 9.15 Å². The van der Waals surface area contributed by atoms with Crippen molar-refractivity contribution in [2.24, 2.45) is 5.92 Å². The molecule has 0 aliphatic carbocycles. The summed E-state index contributed by atoms with van der Waals surface area (Å²) < 4.78 is 10.9. The molecule has 1 aromatic heterocycles. The van der Waals surface area contributed by atoms with Gasteiger partial charge in [-0.2, -0.15) is 0 Å². The van der Waals surface area contributed by atoms with Crippen LogP contribution in [0.3, 0.4) is 0 Å². The number of carbonyl (C=O) groups is 1. The van der Waals surface area contributed by atoms with Crippen LogP contribution in [0.5, 0.6) is 0 Å². The molecule has 1 atom stereocenters. The van der Waals surface area contributed by atoms with E-state index in [1.807, 2.05) is 13.1 Å². The molecular weight excluding hydrogens is 268 g/mol. The summed E-state index contributed by atoms with van der Waals surface area (Å²) in [5.41, 5.74) is -0.0272. The van der Waals surface area contributed by atoms with Crippen molar-refractivity contribution in [3.63, 3.8) is 0 Å². The second-order valence-electron chi connectivity index (χ2n) is 6.69. The monoisotopic (exact) mass is 294 g/mol. The first-order chi connectivity index (χ1) is 9.90.